The van der Waals surface area contributed by atoms with E-state index >= 15 is 0 Å². The van der Waals surface area contributed by atoms with Crippen molar-refractivity contribution in [3.8, 4) is 33.4 Å². The molecule has 1 aliphatic rings. The standard InChI is InChI=1S/C47H30/c1-47(2)41-25-33(35-19-13-31-11-9-27-5-3-7-29-15-23-39(35)45(31)43(27)29)17-21-37(41)38-22-18-34(26-42(38)47)36-20-14-32-12-10-28-6-4-8-30-16-24-40(36)46(32)44(28)30/h3-26H,1-2H3/i3D,4D,5D,6D,7D,8D,9D,10D,11D,12D,13D,14D,15D,16D,19D,20D,23D,24D. The highest BCUT2D eigenvalue weighted by molar-refractivity contribution is 6.26. The lowest BCUT2D eigenvalue weighted by atomic mass is 9.80. The van der Waals surface area contributed by atoms with Crippen molar-refractivity contribution in [2.24, 2.45) is 0 Å². The Morgan fingerprint density at radius 2 is 0.745 bits per heavy atom. The van der Waals surface area contributed by atoms with Gasteiger partial charge in [-0.25, -0.2) is 0 Å². The van der Waals surface area contributed by atoms with Crippen molar-refractivity contribution in [2.45, 2.75) is 19.3 Å². The molecule has 10 aromatic rings. The molecule has 0 aromatic heterocycles. The van der Waals surface area contributed by atoms with E-state index in [1.165, 1.54) is 0 Å². The molecule has 0 fully saturated rings. The van der Waals surface area contributed by atoms with Gasteiger partial charge in [-0.15, -0.1) is 0 Å². The highest BCUT2D eigenvalue weighted by atomic mass is 14.4. The van der Waals surface area contributed by atoms with Crippen LogP contribution in [-0.4, -0.2) is 0 Å². The van der Waals surface area contributed by atoms with Crippen molar-refractivity contribution in [1.82, 2.24) is 0 Å². The number of rotatable bonds is 2. The van der Waals surface area contributed by atoms with Crippen molar-refractivity contribution < 1.29 is 24.7 Å². The van der Waals surface area contributed by atoms with Crippen LogP contribution >= 0.6 is 0 Å². The molecule has 0 aliphatic heterocycles. The number of benzene rings is 10. The van der Waals surface area contributed by atoms with Crippen molar-refractivity contribution in [2.75, 3.05) is 0 Å². The van der Waals surface area contributed by atoms with E-state index in [0.29, 0.717) is 11.1 Å². The predicted octanol–water partition coefficient (Wildman–Crippen LogP) is 13.1. The van der Waals surface area contributed by atoms with Crippen LogP contribution in [0.15, 0.2) is 145 Å². The summed E-state index contributed by atoms with van der Waals surface area (Å²) < 4.78 is 161. The van der Waals surface area contributed by atoms with Crippen molar-refractivity contribution in [1.29, 1.82) is 0 Å². The van der Waals surface area contributed by atoms with E-state index in [1.54, 1.807) is 12.1 Å². The highest BCUT2D eigenvalue weighted by Crippen LogP contribution is 2.52. The average Bonchev–Trinajstić information content (AvgIpc) is 3.49. The van der Waals surface area contributed by atoms with E-state index in [0.717, 1.165) is 22.3 Å². The van der Waals surface area contributed by atoms with Crippen LogP contribution in [0.4, 0.5) is 0 Å². The fraction of sp³-hybridized carbons (Fsp3) is 0.0638. The minimum atomic E-state index is -0.824. The Bertz CT molecular complexity index is 3640. The Kier molecular flexibility index (Phi) is 2.60. The lowest BCUT2D eigenvalue weighted by Crippen LogP contribution is -2.15. The first-order valence-corrected chi connectivity index (χ1v) is 15.2. The molecule has 0 N–H and O–H groups in total. The first kappa shape index (κ1) is 14.0. The van der Waals surface area contributed by atoms with Crippen molar-refractivity contribution in [3.05, 3.63) is 156 Å². The van der Waals surface area contributed by atoms with Crippen LogP contribution in [0.2, 0.25) is 0 Å². The molecule has 0 amide bonds. The van der Waals surface area contributed by atoms with Gasteiger partial charge in [0.1, 0.15) is 0 Å². The largest absolute Gasteiger partial charge is 0.0630 e. The summed E-state index contributed by atoms with van der Waals surface area (Å²) >= 11 is 0. The van der Waals surface area contributed by atoms with Gasteiger partial charge in [0.25, 0.3) is 0 Å². The second-order valence-corrected chi connectivity index (χ2v) is 12.6. The molecule has 0 atom stereocenters. The summed E-state index contributed by atoms with van der Waals surface area (Å²) in [6.07, 6.45) is 0. The zero-order chi connectivity index (χ0) is 46.7. The van der Waals surface area contributed by atoms with E-state index < -0.39 is 102 Å². The fourth-order valence-corrected chi connectivity index (χ4v) is 7.61. The molecule has 0 heteroatoms. The molecule has 0 saturated carbocycles. The molecule has 0 nitrogen and oxygen atoms in total. The summed E-state index contributed by atoms with van der Waals surface area (Å²) in [5.41, 5.74) is 3.35. The Labute approximate surface area is 298 Å². The Morgan fingerprint density at radius 3 is 1.17 bits per heavy atom. The molecule has 0 heterocycles. The van der Waals surface area contributed by atoms with Gasteiger partial charge in [-0.05, 0) is 121 Å². The molecule has 0 radical (unpaired) electrons. The monoisotopic (exact) mass is 612 g/mol. The van der Waals surface area contributed by atoms with E-state index in [2.05, 4.69) is 0 Å². The zero-order valence-electron chi connectivity index (χ0n) is 43.0. The van der Waals surface area contributed by atoms with E-state index in [9.17, 15) is 8.22 Å². The summed E-state index contributed by atoms with van der Waals surface area (Å²) in [5, 5.41) is -0.352. The third-order valence-corrected chi connectivity index (χ3v) is 9.88. The fourth-order valence-electron chi connectivity index (χ4n) is 7.61. The van der Waals surface area contributed by atoms with Gasteiger partial charge in [-0.1, -0.05) is 147 Å². The van der Waals surface area contributed by atoms with Gasteiger partial charge in [0.05, 0.1) is 24.7 Å². The minimum Gasteiger partial charge on any atom is -0.0610 e. The third-order valence-electron chi connectivity index (χ3n) is 9.88. The molecular weight excluding hydrogens is 565 g/mol. The van der Waals surface area contributed by atoms with Gasteiger partial charge in [0.2, 0.25) is 0 Å². The maximum absolute atomic E-state index is 9.33. The Hall–Kier alpha value is -5.72. The molecule has 1 aliphatic carbocycles. The molecule has 11 rings (SSSR count). The maximum atomic E-state index is 9.33. The van der Waals surface area contributed by atoms with E-state index in [-0.39, 0.29) is 87.8 Å². The first-order chi connectivity index (χ1) is 30.6. The normalized spacial score (nSPS) is 19.3. The second-order valence-electron chi connectivity index (χ2n) is 12.6. The summed E-state index contributed by atoms with van der Waals surface area (Å²) in [6, 6.07) is 2.76. The molecule has 47 heavy (non-hydrogen) atoms. The Morgan fingerprint density at radius 1 is 0.383 bits per heavy atom. The van der Waals surface area contributed by atoms with Gasteiger partial charge in [0.15, 0.2) is 0 Å². The quantitative estimate of drug-likeness (QED) is 0.170. The summed E-state index contributed by atoms with van der Waals surface area (Å²) in [4.78, 5) is 0. The zero-order valence-corrected chi connectivity index (χ0v) is 25.0. The molecule has 10 aromatic carbocycles. The molecule has 0 spiro atoms. The first-order valence-electron chi connectivity index (χ1n) is 24.2. The smallest absolute Gasteiger partial charge is 0.0610 e. The molecule has 0 unspecified atom stereocenters. The van der Waals surface area contributed by atoms with Gasteiger partial charge >= 0.3 is 0 Å². The van der Waals surface area contributed by atoms with Crippen LogP contribution < -0.4 is 0 Å². The number of hydrogen-bond acceptors (Lipinski definition) is 0. The van der Waals surface area contributed by atoms with Crippen LogP contribution in [0, 0.1) is 0 Å². The Balaban J connectivity index is 1.16. The topological polar surface area (TPSA) is 0 Å². The lowest BCUT2D eigenvalue weighted by molar-refractivity contribution is 0.661. The van der Waals surface area contributed by atoms with Crippen LogP contribution in [0.1, 0.15) is 49.6 Å². The molecule has 0 saturated heterocycles. The van der Waals surface area contributed by atoms with Gasteiger partial charge in [0, 0.05) is 5.41 Å². The van der Waals surface area contributed by atoms with E-state index in [4.69, 9.17) is 16.4 Å². The highest BCUT2D eigenvalue weighted by Gasteiger charge is 2.36. The number of hydrogen-bond donors (Lipinski definition) is 0. The molecular formula is C47H30. The molecule has 218 valence electrons. The predicted molar refractivity (Wildman–Crippen MR) is 202 cm³/mol. The van der Waals surface area contributed by atoms with Crippen LogP contribution in [-0.2, 0) is 5.41 Å². The van der Waals surface area contributed by atoms with E-state index in [1.807, 2.05) is 38.1 Å². The van der Waals surface area contributed by atoms with Crippen molar-refractivity contribution in [3.63, 3.8) is 0 Å². The van der Waals surface area contributed by atoms with Crippen molar-refractivity contribution >= 4 is 64.6 Å². The minimum absolute atomic E-state index is 0.0506. The van der Waals surface area contributed by atoms with Gasteiger partial charge < -0.3 is 0 Å². The summed E-state index contributed by atoms with van der Waals surface area (Å²) in [7, 11) is 0. The molecule has 0 bridgehead atoms. The van der Waals surface area contributed by atoms with Crippen LogP contribution in [0.5, 0.6) is 0 Å². The third kappa shape index (κ3) is 3.27. The van der Waals surface area contributed by atoms with Crippen LogP contribution in [0.3, 0.4) is 0 Å². The summed E-state index contributed by atoms with van der Waals surface area (Å²) in [5.74, 6) is 0. The van der Waals surface area contributed by atoms with Gasteiger partial charge in [-0.2, -0.15) is 0 Å². The van der Waals surface area contributed by atoms with Gasteiger partial charge in [-0.3, -0.25) is 0 Å². The SMILES string of the molecule is [2H]c1c([2H])c2c([2H])c([2H])c3c([2H])c([2H])c(-c4ccc5c(c4)C(C)(C)c4cc(-c6c([2H])c([2H])c7c([2H])c([2H])c8c([2H])c([2H])c([2H])c9c([2H])c([2H])c6c7c89)ccc4-5)c4c([2H])c([2H])c(c1[2H])c2c34. The second kappa shape index (κ2) is 8.75. The number of fused-ring (bicyclic) bond motifs is 3. The van der Waals surface area contributed by atoms with Crippen LogP contribution in [0.25, 0.3) is 98.0 Å². The maximum Gasteiger partial charge on any atom is 0.0630 e. The lowest BCUT2D eigenvalue weighted by Gasteiger charge is -2.23. The summed E-state index contributed by atoms with van der Waals surface area (Å²) in [6.45, 7) is 3.92. The average molecular weight is 613 g/mol.